The van der Waals surface area contributed by atoms with E-state index in [-0.39, 0.29) is 17.5 Å². The number of rotatable bonds is 4. The Balaban J connectivity index is 1.53. The van der Waals surface area contributed by atoms with Crippen molar-refractivity contribution in [2.75, 3.05) is 37.7 Å². The molecule has 3 rings (SSSR count). The lowest BCUT2D eigenvalue weighted by Crippen LogP contribution is -2.50. The molecule has 0 aromatic heterocycles. The second-order valence-corrected chi connectivity index (χ2v) is 6.86. The second-order valence-electron chi connectivity index (χ2n) is 6.45. The van der Waals surface area contributed by atoms with Crippen molar-refractivity contribution in [3.8, 4) is 5.75 Å². The van der Waals surface area contributed by atoms with Gasteiger partial charge < -0.3 is 14.5 Å². The number of aryl methyl sites for hydroxylation is 1. The molecule has 1 aliphatic heterocycles. The van der Waals surface area contributed by atoms with Gasteiger partial charge in [-0.25, -0.2) is 4.39 Å². The van der Waals surface area contributed by atoms with Crippen LogP contribution in [0.2, 0.25) is 5.02 Å². The number of benzene rings is 2. The molecule has 0 aliphatic carbocycles. The minimum absolute atomic E-state index is 0.0166. The summed E-state index contributed by atoms with van der Waals surface area (Å²) in [5.74, 6) is -0.197. The van der Waals surface area contributed by atoms with E-state index in [1.54, 1.807) is 4.90 Å². The van der Waals surface area contributed by atoms with Crippen molar-refractivity contribution in [3.63, 3.8) is 0 Å². The van der Waals surface area contributed by atoms with Crippen LogP contribution in [-0.4, -0.2) is 43.6 Å². The van der Waals surface area contributed by atoms with E-state index >= 15 is 0 Å². The van der Waals surface area contributed by atoms with Crippen LogP contribution in [0, 0.1) is 19.7 Å². The molecule has 0 N–H and O–H groups in total. The van der Waals surface area contributed by atoms with Crippen LogP contribution >= 0.6 is 11.6 Å². The molecular formula is C20H22ClFN2O2. The van der Waals surface area contributed by atoms with Crippen molar-refractivity contribution in [2.45, 2.75) is 13.8 Å². The van der Waals surface area contributed by atoms with Crippen molar-refractivity contribution in [1.82, 2.24) is 4.90 Å². The predicted octanol–water partition coefficient (Wildman–Crippen LogP) is 3.82. The van der Waals surface area contributed by atoms with Gasteiger partial charge in [-0.1, -0.05) is 23.7 Å². The van der Waals surface area contributed by atoms with Crippen molar-refractivity contribution >= 4 is 23.2 Å². The molecule has 1 saturated heterocycles. The van der Waals surface area contributed by atoms with E-state index in [1.165, 1.54) is 35.0 Å². The van der Waals surface area contributed by atoms with E-state index in [2.05, 4.69) is 36.9 Å². The first-order valence-electron chi connectivity index (χ1n) is 8.62. The molecule has 1 fully saturated rings. The van der Waals surface area contributed by atoms with E-state index in [9.17, 15) is 9.18 Å². The molecule has 6 heteroatoms. The average Bonchev–Trinajstić information content (AvgIpc) is 2.65. The highest BCUT2D eigenvalue weighted by atomic mass is 35.5. The second kappa shape index (κ2) is 7.96. The van der Waals surface area contributed by atoms with Gasteiger partial charge in [-0.2, -0.15) is 0 Å². The Labute approximate surface area is 158 Å². The summed E-state index contributed by atoms with van der Waals surface area (Å²) in [7, 11) is 0. The molecule has 138 valence electrons. The number of hydrogen-bond donors (Lipinski definition) is 0. The highest BCUT2D eigenvalue weighted by Gasteiger charge is 2.22. The molecule has 4 nitrogen and oxygen atoms in total. The number of piperazine rings is 1. The number of hydrogen-bond acceptors (Lipinski definition) is 3. The Morgan fingerprint density at radius 3 is 2.58 bits per heavy atom. The highest BCUT2D eigenvalue weighted by molar-refractivity contribution is 6.30. The van der Waals surface area contributed by atoms with E-state index < -0.39 is 5.82 Å². The third kappa shape index (κ3) is 4.10. The van der Waals surface area contributed by atoms with Gasteiger partial charge >= 0.3 is 0 Å². The van der Waals surface area contributed by atoms with Crippen LogP contribution in [0.15, 0.2) is 36.4 Å². The smallest absolute Gasteiger partial charge is 0.260 e. The Morgan fingerprint density at radius 1 is 1.15 bits per heavy atom. The summed E-state index contributed by atoms with van der Waals surface area (Å²) in [5.41, 5.74) is 3.78. The topological polar surface area (TPSA) is 32.8 Å². The Kier molecular flexibility index (Phi) is 5.67. The average molecular weight is 377 g/mol. The fourth-order valence-corrected chi connectivity index (χ4v) is 3.25. The molecule has 0 saturated carbocycles. The third-order valence-corrected chi connectivity index (χ3v) is 5.09. The molecule has 2 aromatic rings. The van der Waals surface area contributed by atoms with Crippen LogP contribution in [0.4, 0.5) is 10.1 Å². The van der Waals surface area contributed by atoms with E-state index in [0.717, 1.165) is 13.1 Å². The molecule has 0 unspecified atom stereocenters. The van der Waals surface area contributed by atoms with Gasteiger partial charge in [-0.15, -0.1) is 0 Å². The van der Waals surface area contributed by atoms with Crippen LogP contribution in [-0.2, 0) is 4.79 Å². The minimum atomic E-state index is -0.507. The quantitative estimate of drug-likeness (QED) is 0.813. The molecule has 0 atom stereocenters. The largest absolute Gasteiger partial charge is 0.484 e. The minimum Gasteiger partial charge on any atom is -0.484 e. The van der Waals surface area contributed by atoms with Gasteiger partial charge in [0.2, 0.25) is 0 Å². The first kappa shape index (κ1) is 18.5. The van der Waals surface area contributed by atoms with Crippen LogP contribution < -0.4 is 9.64 Å². The van der Waals surface area contributed by atoms with Gasteiger partial charge in [0.05, 0.1) is 5.02 Å². The standard InChI is InChI=1S/C20H22ClFN2O2/c1-14-4-3-5-19(15(14)2)23-8-10-24(11-9-23)20(25)13-26-16-6-7-18(22)17(21)12-16/h3-7,12H,8-11,13H2,1-2H3. The zero-order valence-electron chi connectivity index (χ0n) is 15.0. The van der Waals surface area contributed by atoms with Gasteiger partial charge in [0.15, 0.2) is 6.61 Å². The van der Waals surface area contributed by atoms with Gasteiger partial charge in [-0.3, -0.25) is 4.79 Å². The number of anilines is 1. The van der Waals surface area contributed by atoms with E-state index in [0.29, 0.717) is 18.8 Å². The number of nitrogens with zero attached hydrogens (tertiary/aromatic N) is 2. The van der Waals surface area contributed by atoms with Crippen LogP contribution in [0.1, 0.15) is 11.1 Å². The fourth-order valence-electron chi connectivity index (χ4n) is 3.08. The van der Waals surface area contributed by atoms with E-state index in [4.69, 9.17) is 16.3 Å². The Hall–Kier alpha value is -2.27. The first-order valence-corrected chi connectivity index (χ1v) is 9.00. The summed E-state index contributed by atoms with van der Waals surface area (Å²) >= 11 is 5.72. The number of halogens is 2. The maximum Gasteiger partial charge on any atom is 0.260 e. The Bertz CT molecular complexity index is 804. The van der Waals surface area contributed by atoms with Crippen LogP contribution in [0.25, 0.3) is 0 Å². The van der Waals surface area contributed by atoms with Crippen LogP contribution in [0.3, 0.4) is 0 Å². The number of carbonyl (C=O) groups excluding carboxylic acids is 1. The lowest BCUT2D eigenvalue weighted by Gasteiger charge is -2.37. The first-order chi connectivity index (χ1) is 12.5. The SMILES string of the molecule is Cc1cccc(N2CCN(C(=O)COc3ccc(F)c(Cl)c3)CC2)c1C. The van der Waals surface area contributed by atoms with Gasteiger partial charge in [-0.05, 0) is 43.2 Å². The molecule has 1 amide bonds. The summed E-state index contributed by atoms with van der Waals surface area (Å²) in [6, 6.07) is 10.4. The number of carbonyl (C=O) groups is 1. The normalized spacial score (nSPS) is 14.5. The van der Waals surface area contributed by atoms with Crippen LogP contribution in [0.5, 0.6) is 5.75 Å². The van der Waals surface area contributed by atoms with Crippen molar-refractivity contribution in [1.29, 1.82) is 0 Å². The molecule has 26 heavy (non-hydrogen) atoms. The maximum absolute atomic E-state index is 13.2. The maximum atomic E-state index is 13.2. The molecule has 0 bridgehead atoms. The Morgan fingerprint density at radius 2 is 1.88 bits per heavy atom. The van der Waals surface area contributed by atoms with Crippen molar-refractivity contribution in [3.05, 3.63) is 58.4 Å². The molecule has 0 radical (unpaired) electrons. The molecular weight excluding hydrogens is 355 g/mol. The summed E-state index contributed by atoms with van der Waals surface area (Å²) in [5, 5.41) is -0.0166. The summed E-state index contributed by atoms with van der Waals surface area (Å²) in [4.78, 5) is 16.5. The lowest BCUT2D eigenvalue weighted by atomic mass is 10.1. The molecule has 1 heterocycles. The molecule has 0 spiro atoms. The van der Waals surface area contributed by atoms with Gasteiger partial charge in [0.1, 0.15) is 11.6 Å². The predicted molar refractivity (Wildman–Crippen MR) is 102 cm³/mol. The lowest BCUT2D eigenvalue weighted by molar-refractivity contribution is -0.133. The number of ether oxygens (including phenoxy) is 1. The number of amides is 1. The monoisotopic (exact) mass is 376 g/mol. The highest BCUT2D eigenvalue weighted by Crippen LogP contribution is 2.24. The van der Waals surface area contributed by atoms with Gasteiger partial charge in [0.25, 0.3) is 5.91 Å². The van der Waals surface area contributed by atoms with E-state index in [1.807, 2.05) is 0 Å². The zero-order chi connectivity index (χ0) is 18.7. The molecule has 2 aromatic carbocycles. The van der Waals surface area contributed by atoms with Crippen molar-refractivity contribution < 1.29 is 13.9 Å². The van der Waals surface area contributed by atoms with Gasteiger partial charge in [0, 0.05) is 37.9 Å². The third-order valence-electron chi connectivity index (χ3n) is 4.80. The van der Waals surface area contributed by atoms with Crippen molar-refractivity contribution in [2.24, 2.45) is 0 Å². The molecule has 1 aliphatic rings. The zero-order valence-corrected chi connectivity index (χ0v) is 15.7. The fraction of sp³-hybridized carbons (Fsp3) is 0.350. The summed E-state index contributed by atoms with van der Waals surface area (Å²) in [6.07, 6.45) is 0. The summed E-state index contributed by atoms with van der Waals surface area (Å²) < 4.78 is 18.6. The summed E-state index contributed by atoms with van der Waals surface area (Å²) in [6.45, 7) is 7.04.